The van der Waals surface area contributed by atoms with Crippen molar-refractivity contribution >= 4 is 58.1 Å². The fourth-order valence-corrected chi connectivity index (χ4v) is 8.30. The number of hydrogen-bond donors (Lipinski definition) is 0. The van der Waals surface area contributed by atoms with Gasteiger partial charge in [-0.15, -0.1) is 0 Å². The number of halogens is 1. The molecule has 4 heterocycles. The predicted molar refractivity (Wildman–Crippen MR) is 148 cm³/mol. The normalized spacial score (nSPS) is 22.6. The van der Waals surface area contributed by atoms with Crippen molar-refractivity contribution in [2.24, 2.45) is 5.92 Å². The molecule has 39 heavy (non-hydrogen) atoms. The first kappa shape index (κ1) is 26.1. The van der Waals surface area contributed by atoms with Gasteiger partial charge in [0.15, 0.2) is 0 Å². The lowest BCUT2D eigenvalue weighted by Gasteiger charge is -2.32. The molecule has 12 heteroatoms. The number of carbonyl (C=O) groups excluding carboxylic acids is 3. The molecule has 2 saturated heterocycles. The molecule has 1 aromatic heterocycles. The summed E-state index contributed by atoms with van der Waals surface area (Å²) in [6.07, 6.45) is 0. The summed E-state index contributed by atoms with van der Waals surface area (Å²) in [5.74, 6) is -1.71. The molecule has 3 aromatic rings. The lowest BCUT2D eigenvalue weighted by molar-refractivity contribution is -0.136. The van der Waals surface area contributed by atoms with Crippen LogP contribution in [0.1, 0.15) is 16.4 Å². The molecular formula is C27H24ClN3O6S2. The second-order valence-electron chi connectivity index (χ2n) is 9.39. The Morgan fingerprint density at radius 1 is 1.05 bits per heavy atom. The van der Waals surface area contributed by atoms with Crippen molar-refractivity contribution in [1.82, 2.24) is 9.47 Å². The quantitative estimate of drug-likeness (QED) is 0.424. The average Bonchev–Trinajstić information content (AvgIpc) is 3.40. The van der Waals surface area contributed by atoms with E-state index in [2.05, 4.69) is 0 Å². The SMILES string of the molecule is COc1ccccc1[C@H]1c2sc(=O)n(CC(=O)N3CCOCC3)c2SC2C(=O)N(c3ccc(Cl)cc3)C(=O)C21. The molecule has 6 rings (SSSR count). The molecule has 9 nitrogen and oxygen atoms in total. The van der Waals surface area contributed by atoms with Gasteiger partial charge in [0.25, 0.3) is 0 Å². The first-order valence-electron chi connectivity index (χ1n) is 12.4. The van der Waals surface area contributed by atoms with E-state index < -0.39 is 17.1 Å². The van der Waals surface area contributed by atoms with Crippen LogP contribution in [0.15, 0.2) is 58.4 Å². The molecule has 3 atom stereocenters. The predicted octanol–water partition coefficient (Wildman–Crippen LogP) is 3.23. The highest BCUT2D eigenvalue weighted by atomic mass is 35.5. The number of thiazole rings is 1. The number of carbonyl (C=O) groups is 3. The summed E-state index contributed by atoms with van der Waals surface area (Å²) in [6, 6.07) is 13.9. The van der Waals surface area contributed by atoms with E-state index >= 15 is 0 Å². The fourth-order valence-electron chi connectivity index (χ4n) is 5.41. The smallest absolute Gasteiger partial charge is 0.308 e. The first-order valence-corrected chi connectivity index (χ1v) is 14.5. The topological polar surface area (TPSA) is 98.2 Å². The van der Waals surface area contributed by atoms with Gasteiger partial charge in [-0.1, -0.05) is 52.9 Å². The number of methoxy groups -OCH3 is 1. The molecule has 0 N–H and O–H groups in total. The number of anilines is 1. The molecule has 0 bridgehead atoms. The van der Waals surface area contributed by atoms with Gasteiger partial charge in [-0.25, -0.2) is 4.90 Å². The second-order valence-corrected chi connectivity index (χ2v) is 11.9. The zero-order valence-corrected chi connectivity index (χ0v) is 23.3. The van der Waals surface area contributed by atoms with Gasteiger partial charge < -0.3 is 14.4 Å². The maximum atomic E-state index is 14.0. The van der Waals surface area contributed by atoms with Crippen LogP contribution in [0.2, 0.25) is 5.02 Å². The Labute approximate surface area is 237 Å². The van der Waals surface area contributed by atoms with Crippen LogP contribution in [0.5, 0.6) is 5.75 Å². The Bertz CT molecular complexity index is 1510. The van der Waals surface area contributed by atoms with Gasteiger partial charge in [0.05, 0.1) is 37.0 Å². The summed E-state index contributed by atoms with van der Waals surface area (Å²) in [5, 5.41) is 0.255. The third-order valence-corrected chi connectivity index (χ3v) is 10.1. The number of thioether (sulfide) groups is 1. The summed E-state index contributed by atoms with van der Waals surface area (Å²) < 4.78 is 12.4. The third-order valence-electron chi connectivity index (χ3n) is 7.27. The number of rotatable bonds is 5. The van der Waals surface area contributed by atoms with Crippen LogP contribution in [0.3, 0.4) is 0 Å². The Hall–Kier alpha value is -3.12. The number of hydrogen-bond acceptors (Lipinski definition) is 8. The molecule has 2 unspecified atom stereocenters. The van der Waals surface area contributed by atoms with Crippen molar-refractivity contribution in [2.75, 3.05) is 38.3 Å². The van der Waals surface area contributed by atoms with E-state index in [1.165, 1.54) is 21.2 Å². The van der Waals surface area contributed by atoms with Crippen LogP contribution in [0, 0.1) is 5.92 Å². The number of fused-ring (bicyclic) bond motifs is 2. The standard InChI is InChI=1S/C27H24ClN3O6S2/c1-36-18-5-3-2-4-17(18)20-21-22(25(34)31(24(21)33)16-8-6-15(28)7-9-16)38-26-23(20)39-27(35)30(26)14-19(32)29-10-12-37-13-11-29/h2-9,20-22H,10-14H2,1H3/t20-,21?,22?/m1/s1. The Morgan fingerprint density at radius 2 is 1.77 bits per heavy atom. The van der Waals surface area contributed by atoms with Crippen LogP contribution >= 0.6 is 34.7 Å². The van der Waals surface area contributed by atoms with E-state index in [4.69, 9.17) is 21.1 Å². The molecular weight excluding hydrogens is 562 g/mol. The maximum absolute atomic E-state index is 14.0. The number of nitrogens with zero attached hydrogens (tertiary/aromatic N) is 3. The molecule has 0 saturated carbocycles. The van der Waals surface area contributed by atoms with E-state index in [0.717, 1.165) is 11.3 Å². The minimum Gasteiger partial charge on any atom is -0.496 e. The van der Waals surface area contributed by atoms with Gasteiger partial charge >= 0.3 is 4.87 Å². The minimum atomic E-state index is -0.783. The summed E-state index contributed by atoms with van der Waals surface area (Å²) in [4.78, 5) is 57.4. The fraction of sp³-hybridized carbons (Fsp3) is 0.333. The van der Waals surface area contributed by atoms with Crippen molar-refractivity contribution in [3.63, 3.8) is 0 Å². The van der Waals surface area contributed by atoms with Crippen LogP contribution in [0.4, 0.5) is 5.69 Å². The van der Waals surface area contributed by atoms with E-state index in [1.807, 2.05) is 18.2 Å². The number of para-hydroxylation sites is 1. The van der Waals surface area contributed by atoms with Gasteiger partial charge in [0.2, 0.25) is 17.7 Å². The number of ether oxygens (including phenoxy) is 2. The number of aromatic nitrogens is 1. The number of amides is 3. The summed E-state index contributed by atoms with van der Waals surface area (Å²) in [6.45, 7) is 1.69. The maximum Gasteiger partial charge on any atom is 0.308 e. The third kappa shape index (κ3) is 4.47. The second kappa shape index (κ2) is 10.5. The molecule has 0 spiro atoms. The molecule has 2 aromatic carbocycles. The molecule has 3 aliphatic rings. The van der Waals surface area contributed by atoms with E-state index in [9.17, 15) is 19.2 Å². The van der Waals surface area contributed by atoms with Crippen LogP contribution in [-0.2, 0) is 25.7 Å². The lowest BCUT2D eigenvalue weighted by Crippen LogP contribution is -2.43. The molecule has 202 valence electrons. The van der Waals surface area contributed by atoms with Crippen molar-refractivity contribution in [3.05, 3.63) is 73.7 Å². The Balaban J connectivity index is 1.46. The van der Waals surface area contributed by atoms with Crippen LogP contribution in [0.25, 0.3) is 0 Å². The molecule has 0 radical (unpaired) electrons. The minimum absolute atomic E-state index is 0.142. The number of benzene rings is 2. The van der Waals surface area contributed by atoms with Crippen molar-refractivity contribution in [1.29, 1.82) is 0 Å². The van der Waals surface area contributed by atoms with Crippen molar-refractivity contribution in [2.45, 2.75) is 22.7 Å². The van der Waals surface area contributed by atoms with Crippen LogP contribution in [-0.4, -0.2) is 65.9 Å². The van der Waals surface area contributed by atoms with Gasteiger partial charge in [0, 0.05) is 34.5 Å². The van der Waals surface area contributed by atoms with Crippen molar-refractivity contribution in [3.8, 4) is 5.75 Å². The van der Waals surface area contributed by atoms with Gasteiger partial charge in [0.1, 0.15) is 17.5 Å². The van der Waals surface area contributed by atoms with Gasteiger partial charge in [-0.2, -0.15) is 0 Å². The number of imide groups is 1. The van der Waals surface area contributed by atoms with Crippen LogP contribution < -0.4 is 14.5 Å². The van der Waals surface area contributed by atoms with Crippen molar-refractivity contribution < 1.29 is 23.9 Å². The van der Waals surface area contributed by atoms with Gasteiger partial charge in [-0.05, 0) is 30.3 Å². The Kier molecular flexibility index (Phi) is 7.00. The highest BCUT2D eigenvalue weighted by molar-refractivity contribution is 8.00. The first-order chi connectivity index (χ1) is 18.9. The number of morpholine rings is 1. The molecule has 3 amide bonds. The zero-order valence-electron chi connectivity index (χ0n) is 20.9. The zero-order chi connectivity index (χ0) is 27.3. The highest BCUT2D eigenvalue weighted by Crippen LogP contribution is 2.55. The molecule has 0 aliphatic carbocycles. The highest BCUT2D eigenvalue weighted by Gasteiger charge is 2.57. The lowest BCUT2D eigenvalue weighted by atomic mass is 9.82. The molecule has 2 fully saturated rings. The molecule has 3 aliphatic heterocycles. The average molecular weight is 586 g/mol. The largest absolute Gasteiger partial charge is 0.496 e. The van der Waals surface area contributed by atoms with Gasteiger partial charge in [-0.3, -0.25) is 23.7 Å². The van der Waals surface area contributed by atoms with E-state index in [1.54, 1.807) is 42.3 Å². The van der Waals surface area contributed by atoms with E-state index in [-0.39, 0.29) is 29.1 Å². The monoisotopic (exact) mass is 585 g/mol. The summed E-state index contributed by atoms with van der Waals surface area (Å²) >= 11 is 8.25. The summed E-state index contributed by atoms with van der Waals surface area (Å²) in [7, 11) is 1.55. The van der Waals surface area contributed by atoms with E-state index in [0.29, 0.717) is 58.2 Å². The Morgan fingerprint density at radius 3 is 2.49 bits per heavy atom. The summed E-state index contributed by atoms with van der Waals surface area (Å²) in [5.41, 5.74) is 1.15.